The summed E-state index contributed by atoms with van der Waals surface area (Å²) in [5, 5.41) is 5.59. The number of aromatic nitrogens is 2. The summed E-state index contributed by atoms with van der Waals surface area (Å²) in [5.41, 5.74) is 12.3. The second-order valence-corrected chi connectivity index (χ2v) is 14.8. The average molecular weight is 707 g/mol. The number of nitrogens with zero attached hydrogens (tertiary/aromatic N) is 2. The van der Waals surface area contributed by atoms with Crippen LogP contribution in [0.4, 0.5) is 0 Å². The number of benzene rings is 8. The van der Waals surface area contributed by atoms with Crippen LogP contribution in [0, 0.1) is 0 Å². The van der Waals surface area contributed by atoms with Gasteiger partial charge in [0, 0.05) is 32.0 Å². The summed E-state index contributed by atoms with van der Waals surface area (Å²) in [5.74, 6) is 0.673. The molecule has 8 aromatic carbocycles. The lowest BCUT2D eigenvalue weighted by Crippen LogP contribution is -1.96. The SMILES string of the molecule is c1ccc(-c2cc(-c3ccccc3)cc(-c3nc(-c4cc(-c5ccc6ccccc6c5)cc5oc6ccccc6c45)nc4c3sc3ccccc34)c2)cc1. The summed E-state index contributed by atoms with van der Waals surface area (Å²) in [4.78, 5) is 11.0. The van der Waals surface area contributed by atoms with E-state index < -0.39 is 0 Å². The Balaban J connectivity index is 1.23. The van der Waals surface area contributed by atoms with Crippen LogP contribution >= 0.6 is 11.3 Å². The van der Waals surface area contributed by atoms with Crippen LogP contribution in [-0.4, -0.2) is 9.97 Å². The lowest BCUT2D eigenvalue weighted by molar-refractivity contribution is 0.669. The molecule has 0 spiro atoms. The quantitative estimate of drug-likeness (QED) is 0.179. The molecule has 3 aromatic heterocycles. The van der Waals surface area contributed by atoms with Gasteiger partial charge in [-0.2, -0.15) is 0 Å². The van der Waals surface area contributed by atoms with Gasteiger partial charge in [0.1, 0.15) is 11.2 Å². The Morgan fingerprint density at radius 3 is 1.81 bits per heavy atom. The predicted molar refractivity (Wildman–Crippen MR) is 227 cm³/mol. The van der Waals surface area contributed by atoms with Crippen molar-refractivity contribution in [1.82, 2.24) is 9.97 Å². The zero-order chi connectivity index (χ0) is 35.6. The molecule has 0 fully saturated rings. The van der Waals surface area contributed by atoms with Crippen molar-refractivity contribution in [3.05, 3.63) is 182 Å². The molecule has 0 saturated carbocycles. The van der Waals surface area contributed by atoms with Crippen LogP contribution in [0.25, 0.3) is 109 Å². The Morgan fingerprint density at radius 1 is 0.407 bits per heavy atom. The minimum Gasteiger partial charge on any atom is -0.456 e. The molecular weight excluding hydrogens is 677 g/mol. The van der Waals surface area contributed by atoms with Crippen molar-refractivity contribution in [2.75, 3.05) is 0 Å². The monoisotopic (exact) mass is 706 g/mol. The molecule has 0 aliphatic heterocycles. The third-order valence-electron chi connectivity index (χ3n) is 10.4. The Hall–Kier alpha value is -6.88. The van der Waals surface area contributed by atoms with Gasteiger partial charge in [-0.15, -0.1) is 11.3 Å². The van der Waals surface area contributed by atoms with Gasteiger partial charge in [-0.25, -0.2) is 9.97 Å². The van der Waals surface area contributed by atoms with Crippen LogP contribution in [0.15, 0.2) is 186 Å². The van der Waals surface area contributed by atoms with Gasteiger partial charge in [0.25, 0.3) is 0 Å². The topological polar surface area (TPSA) is 38.9 Å². The fourth-order valence-electron chi connectivity index (χ4n) is 7.83. The standard InChI is InChI=1S/C50H30N2OS/c1-3-13-31(14-4-1)36-26-37(32-15-5-2-6-16-32)28-39(27-36)47-49-48(41-20-10-12-22-45(41)54-49)52-50(51-47)42-29-38(35-24-23-33-17-7-8-18-34(33)25-35)30-44-46(42)40-19-9-11-21-43(40)53-44/h1-30H. The minimum atomic E-state index is 0.673. The van der Waals surface area contributed by atoms with Crippen molar-refractivity contribution in [3.63, 3.8) is 0 Å². The van der Waals surface area contributed by atoms with E-state index in [2.05, 4.69) is 170 Å². The average Bonchev–Trinajstić information content (AvgIpc) is 3.82. The molecule has 252 valence electrons. The zero-order valence-electron chi connectivity index (χ0n) is 29.0. The molecule has 0 aliphatic rings. The van der Waals surface area contributed by atoms with E-state index in [0.29, 0.717) is 5.82 Å². The van der Waals surface area contributed by atoms with E-state index in [1.165, 1.54) is 15.5 Å². The van der Waals surface area contributed by atoms with Gasteiger partial charge in [0.05, 0.1) is 15.9 Å². The molecule has 0 aliphatic carbocycles. The molecular formula is C50H30N2OS. The molecule has 0 amide bonds. The molecule has 0 radical (unpaired) electrons. The van der Waals surface area contributed by atoms with E-state index in [-0.39, 0.29) is 0 Å². The Bertz CT molecular complexity index is 3160. The third-order valence-corrected chi connectivity index (χ3v) is 11.6. The van der Waals surface area contributed by atoms with E-state index in [1.807, 2.05) is 12.1 Å². The van der Waals surface area contributed by atoms with Crippen molar-refractivity contribution in [2.24, 2.45) is 0 Å². The van der Waals surface area contributed by atoms with E-state index in [9.17, 15) is 0 Å². The first-order valence-electron chi connectivity index (χ1n) is 18.1. The Morgan fingerprint density at radius 2 is 1.04 bits per heavy atom. The number of hydrogen-bond acceptors (Lipinski definition) is 4. The molecule has 11 rings (SSSR count). The molecule has 0 saturated heterocycles. The highest BCUT2D eigenvalue weighted by Gasteiger charge is 2.22. The van der Waals surface area contributed by atoms with E-state index >= 15 is 0 Å². The molecule has 4 heteroatoms. The second kappa shape index (κ2) is 12.4. The highest BCUT2D eigenvalue weighted by Crippen LogP contribution is 2.44. The summed E-state index contributed by atoms with van der Waals surface area (Å²) in [6.07, 6.45) is 0. The molecule has 0 bridgehead atoms. The maximum atomic E-state index is 6.60. The summed E-state index contributed by atoms with van der Waals surface area (Å²) in [7, 11) is 0. The fraction of sp³-hybridized carbons (Fsp3) is 0. The van der Waals surface area contributed by atoms with Crippen molar-refractivity contribution >= 4 is 64.4 Å². The normalized spacial score (nSPS) is 11.7. The van der Waals surface area contributed by atoms with E-state index in [1.54, 1.807) is 11.3 Å². The van der Waals surface area contributed by atoms with Crippen LogP contribution < -0.4 is 0 Å². The van der Waals surface area contributed by atoms with Crippen LogP contribution in [0.1, 0.15) is 0 Å². The van der Waals surface area contributed by atoms with Gasteiger partial charge in [-0.3, -0.25) is 0 Å². The molecule has 0 N–H and O–H groups in total. The first-order chi connectivity index (χ1) is 26.7. The number of fused-ring (bicyclic) bond motifs is 7. The van der Waals surface area contributed by atoms with Crippen molar-refractivity contribution in [3.8, 4) is 56.0 Å². The number of hydrogen-bond donors (Lipinski definition) is 0. The molecule has 0 atom stereocenters. The molecule has 3 heterocycles. The molecule has 11 aromatic rings. The van der Waals surface area contributed by atoms with Gasteiger partial charge in [-0.1, -0.05) is 133 Å². The van der Waals surface area contributed by atoms with Gasteiger partial charge in [-0.05, 0) is 92.7 Å². The smallest absolute Gasteiger partial charge is 0.161 e. The Kier molecular flexibility index (Phi) is 7.04. The second-order valence-electron chi connectivity index (χ2n) is 13.8. The van der Waals surface area contributed by atoms with Crippen molar-refractivity contribution in [2.45, 2.75) is 0 Å². The summed E-state index contributed by atoms with van der Waals surface area (Å²) >= 11 is 1.76. The maximum absolute atomic E-state index is 6.60. The third kappa shape index (κ3) is 5.11. The van der Waals surface area contributed by atoms with Crippen LogP contribution in [-0.2, 0) is 0 Å². The molecule has 54 heavy (non-hydrogen) atoms. The van der Waals surface area contributed by atoms with E-state index in [0.717, 1.165) is 87.7 Å². The van der Waals surface area contributed by atoms with Crippen LogP contribution in [0.3, 0.4) is 0 Å². The highest BCUT2D eigenvalue weighted by molar-refractivity contribution is 7.26. The number of furan rings is 1. The van der Waals surface area contributed by atoms with Gasteiger partial charge in [0.2, 0.25) is 0 Å². The highest BCUT2D eigenvalue weighted by atomic mass is 32.1. The molecule has 0 unspecified atom stereocenters. The first-order valence-corrected chi connectivity index (χ1v) is 19.0. The van der Waals surface area contributed by atoms with Crippen molar-refractivity contribution in [1.29, 1.82) is 0 Å². The lowest BCUT2D eigenvalue weighted by atomic mass is 9.94. The predicted octanol–water partition coefficient (Wildman–Crippen LogP) is 14.2. The number of rotatable bonds is 5. The summed E-state index contributed by atoms with van der Waals surface area (Å²) in [6.45, 7) is 0. The minimum absolute atomic E-state index is 0.673. The van der Waals surface area contributed by atoms with E-state index in [4.69, 9.17) is 14.4 Å². The van der Waals surface area contributed by atoms with Gasteiger partial charge >= 0.3 is 0 Å². The molecule has 3 nitrogen and oxygen atoms in total. The summed E-state index contributed by atoms with van der Waals surface area (Å²) < 4.78 is 8.86. The Labute approximate surface area is 315 Å². The largest absolute Gasteiger partial charge is 0.456 e. The summed E-state index contributed by atoms with van der Waals surface area (Å²) in [6, 6.07) is 64.4. The maximum Gasteiger partial charge on any atom is 0.161 e. The lowest BCUT2D eigenvalue weighted by Gasteiger charge is -2.13. The number of para-hydroxylation sites is 1. The van der Waals surface area contributed by atoms with Gasteiger partial charge in [0.15, 0.2) is 5.82 Å². The zero-order valence-corrected chi connectivity index (χ0v) is 29.8. The first kappa shape index (κ1) is 30.7. The van der Waals surface area contributed by atoms with Crippen molar-refractivity contribution < 1.29 is 4.42 Å². The fourth-order valence-corrected chi connectivity index (χ4v) is 8.99. The van der Waals surface area contributed by atoms with Crippen LogP contribution in [0.5, 0.6) is 0 Å². The number of thiophene rings is 1. The van der Waals surface area contributed by atoms with Crippen LogP contribution in [0.2, 0.25) is 0 Å². The van der Waals surface area contributed by atoms with Gasteiger partial charge < -0.3 is 4.42 Å².